The van der Waals surface area contributed by atoms with Crippen LogP contribution in [0.25, 0.3) is 10.9 Å². The number of fused-ring (bicyclic) bond motifs is 1. The Morgan fingerprint density at radius 3 is 2.71 bits per heavy atom. The zero-order valence-corrected chi connectivity index (χ0v) is 14.3. The molecule has 0 bridgehead atoms. The summed E-state index contributed by atoms with van der Waals surface area (Å²) < 4.78 is 0. The van der Waals surface area contributed by atoms with Crippen LogP contribution in [0.4, 0.5) is 5.69 Å². The lowest BCUT2D eigenvalue weighted by atomic mass is 10.0. The number of aryl methyl sites for hydroxylation is 1. The van der Waals surface area contributed by atoms with Crippen LogP contribution in [0.3, 0.4) is 0 Å². The topological polar surface area (TPSA) is 31.1 Å². The first-order chi connectivity index (χ1) is 11.8. The third-order valence-corrected chi connectivity index (χ3v) is 5.22. The molecule has 1 aliphatic heterocycles. The highest BCUT2D eigenvalue weighted by Crippen LogP contribution is 2.28. The summed E-state index contributed by atoms with van der Waals surface area (Å²) in [7, 11) is 0. The van der Waals surface area contributed by atoms with Crippen LogP contribution >= 0.6 is 0 Å². The Morgan fingerprint density at radius 1 is 1.04 bits per heavy atom. The average Bonchev–Trinajstić information content (AvgIpc) is 3.09. The zero-order valence-electron chi connectivity index (χ0n) is 14.3. The van der Waals surface area contributed by atoms with Crippen LogP contribution in [-0.2, 0) is 6.54 Å². The van der Waals surface area contributed by atoms with Crippen LogP contribution in [0, 0.1) is 6.92 Å². The second kappa shape index (κ2) is 6.70. The van der Waals surface area contributed by atoms with Crippen LogP contribution in [0.2, 0.25) is 0 Å². The molecule has 0 atom stereocenters. The van der Waals surface area contributed by atoms with E-state index in [1.54, 1.807) is 0 Å². The first kappa shape index (κ1) is 15.3. The molecule has 3 nitrogen and oxygen atoms in total. The number of aromatic nitrogens is 1. The summed E-state index contributed by atoms with van der Waals surface area (Å²) in [5, 5.41) is 4.78. The minimum Gasteiger partial charge on any atom is -0.364 e. The number of nitrogens with one attached hydrogen (secondary N) is 2. The molecule has 1 fully saturated rings. The first-order valence-corrected chi connectivity index (χ1v) is 8.90. The monoisotopic (exact) mass is 319 g/mol. The van der Waals surface area contributed by atoms with Gasteiger partial charge in [-0.3, -0.25) is 0 Å². The van der Waals surface area contributed by atoms with Gasteiger partial charge in [0.05, 0.1) is 0 Å². The van der Waals surface area contributed by atoms with Crippen molar-refractivity contribution in [2.45, 2.75) is 32.4 Å². The van der Waals surface area contributed by atoms with E-state index < -0.39 is 0 Å². The molecule has 2 N–H and O–H groups in total. The van der Waals surface area contributed by atoms with Crippen LogP contribution in [0.5, 0.6) is 0 Å². The number of anilines is 1. The van der Waals surface area contributed by atoms with Gasteiger partial charge < -0.3 is 15.2 Å². The number of piperidine rings is 1. The maximum absolute atomic E-state index is 3.49. The molecular formula is C21H25N3. The quantitative estimate of drug-likeness (QED) is 0.754. The maximum Gasteiger partial charge on any atom is 0.0455 e. The number of benzene rings is 2. The second-order valence-corrected chi connectivity index (χ2v) is 6.78. The van der Waals surface area contributed by atoms with E-state index in [-0.39, 0.29) is 0 Å². The summed E-state index contributed by atoms with van der Waals surface area (Å²) in [6.07, 6.45) is 4.43. The lowest BCUT2D eigenvalue weighted by Crippen LogP contribution is -2.43. The summed E-state index contributed by atoms with van der Waals surface area (Å²) in [5.41, 5.74) is 5.33. The summed E-state index contributed by atoms with van der Waals surface area (Å²) in [5.74, 6) is 0. The molecule has 0 saturated carbocycles. The first-order valence-electron chi connectivity index (χ1n) is 8.90. The lowest BCUT2D eigenvalue weighted by Gasteiger charge is -2.37. The van der Waals surface area contributed by atoms with Crippen molar-refractivity contribution in [2.75, 3.05) is 18.0 Å². The van der Waals surface area contributed by atoms with Crippen molar-refractivity contribution < 1.29 is 0 Å². The third kappa shape index (κ3) is 3.04. The van der Waals surface area contributed by atoms with E-state index in [1.807, 2.05) is 6.20 Å². The molecule has 2 heterocycles. The maximum atomic E-state index is 3.49. The fourth-order valence-corrected chi connectivity index (χ4v) is 3.74. The molecule has 1 saturated heterocycles. The SMILES string of the molecule is Cc1ccccc1CN(c1ccc2[nH]ccc2c1)C1CCNCC1. The van der Waals surface area contributed by atoms with Crippen molar-refractivity contribution in [1.29, 1.82) is 0 Å². The molecule has 0 radical (unpaired) electrons. The summed E-state index contributed by atoms with van der Waals surface area (Å²) in [6.45, 7) is 5.42. The van der Waals surface area contributed by atoms with Crippen LogP contribution in [0.1, 0.15) is 24.0 Å². The predicted octanol–water partition coefficient (Wildman–Crippen LogP) is 4.23. The molecule has 0 spiro atoms. The Balaban J connectivity index is 1.70. The zero-order chi connectivity index (χ0) is 16.4. The van der Waals surface area contributed by atoms with E-state index in [2.05, 4.69) is 70.7 Å². The molecule has 0 unspecified atom stereocenters. The predicted molar refractivity (Wildman–Crippen MR) is 102 cm³/mol. The summed E-state index contributed by atoms with van der Waals surface area (Å²) in [4.78, 5) is 5.90. The van der Waals surface area contributed by atoms with Gasteiger partial charge >= 0.3 is 0 Å². The van der Waals surface area contributed by atoms with E-state index in [0.717, 1.165) is 19.6 Å². The number of nitrogens with zero attached hydrogens (tertiary/aromatic N) is 1. The van der Waals surface area contributed by atoms with Crippen LogP contribution in [0.15, 0.2) is 54.7 Å². The van der Waals surface area contributed by atoms with Crippen molar-refractivity contribution in [3.63, 3.8) is 0 Å². The number of rotatable bonds is 4. The molecular weight excluding hydrogens is 294 g/mol. The van der Waals surface area contributed by atoms with Gasteiger partial charge in [-0.25, -0.2) is 0 Å². The summed E-state index contributed by atoms with van der Waals surface area (Å²) in [6, 6.07) is 18.3. The third-order valence-electron chi connectivity index (χ3n) is 5.22. The van der Waals surface area contributed by atoms with Gasteiger partial charge in [-0.1, -0.05) is 24.3 Å². The van der Waals surface area contributed by atoms with E-state index >= 15 is 0 Å². The van der Waals surface area contributed by atoms with Crippen molar-refractivity contribution >= 4 is 16.6 Å². The molecule has 0 aliphatic carbocycles. The molecule has 1 aliphatic rings. The van der Waals surface area contributed by atoms with E-state index in [9.17, 15) is 0 Å². The molecule has 3 heteroatoms. The van der Waals surface area contributed by atoms with Crippen molar-refractivity contribution in [2.24, 2.45) is 0 Å². The largest absolute Gasteiger partial charge is 0.364 e. The highest BCUT2D eigenvalue weighted by Gasteiger charge is 2.22. The van der Waals surface area contributed by atoms with Crippen LogP contribution < -0.4 is 10.2 Å². The van der Waals surface area contributed by atoms with Crippen LogP contribution in [-0.4, -0.2) is 24.1 Å². The van der Waals surface area contributed by atoms with E-state index in [0.29, 0.717) is 6.04 Å². The Kier molecular flexibility index (Phi) is 4.26. The standard InChI is InChI=1S/C21H25N3/c1-16-4-2-3-5-18(16)15-24(19-9-11-22-12-10-19)20-6-7-21-17(14-20)8-13-23-21/h2-8,13-14,19,22-23H,9-12,15H2,1H3. The molecule has 3 aromatic rings. The van der Waals surface area contributed by atoms with E-state index in [1.165, 1.54) is 40.6 Å². The average molecular weight is 319 g/mol. The van der Waals surface area contributed by atoms with Gasteiger partial charge in [-0.2, -0.15) is 0 Å². The second-order valence-electron chi connectivity index (χ2n) is 6.78. The van der Waals surface area contributed by atoms with E-state index in [4.69, 9.17) is 0 Å². The molecule has 24 heavy (non-hydrogen) atoms. The van der Waals surface area contributed by atoms with Gasteiger partial charge in [0, 0.05) is 35.4 Å². The van der Waals surface area contributed by atoms with Crippen molar-refractivity contribution in [3.05, 3.63) is 65.9 Å². The smallest absolute Gasteiger partial charge is 0.0455 e. The number of H-pyrrole nitrogens is 1. The van der Waals surface area contributed by atoms with Crippen molar-refractivity contribution in [1.82, 2.24) is 10.3 Å². The number of hydrogen-bond donors (Lipinski definition) is 2. The fraction of sp³-hybridized carbons (Fsp3) is 0.333. The number of hydrogen-bond acceptors (Lipinski definition) is 2. The summed E-state index contributed by atoms with van der Waals surface area (Å²) >= 11 is 0. The van der Waals surface area contributed by atoms with Gasteiger partial charge in [-0.05, 0) is 68.2 Å². The molecule has 2 aromatic carbocycles. The molecule has 1 aromatic heterocycles. The Morgan fingerprint density at radius 2 is 1.88 bits per heavy atom. The normalized spacial score (nSPS) is 15.7. The van der Waals surface area contributed by atoms with Gasteiger partial charge in [0.2, 0.25) is 0 Å². The molecule has 124 valence electrons. The molecule has 0 amide bonds. The Labute approximate surface area is 143 Å². The fourth-order valence-electron chi connectivity index (χ4n) is 3.74. The highest BCUT2D eigenvalue weighted by molar-refractivity contribution is 5.83. The molecule has 4 rings (SSSR count). The number of aromatic amines is 1. The lowest BCUT2D eigenvalue weighted by molar-refractivity contribution is 0.428. The Hall–Kier alpha value is -2.26. The van der Waals surface area contributed by atoms with Gasteiger partial charge in [0.1, 0.15) is 0 Å². The Bertz CT molecular complexity index is 815. The minimum atomic E-state index is 0.599. The highest BCUT2D eigenvalue weighted by atomic mass is 15.2. The van der Waals surface area contributed by atoms with Gasteiger partial charge in [0.25, 0.3) is 0 Å². The van der Waals surface area contributed by atoms with Crippen molar-refractivity contribution in [3.8, 4) is 0 Å². The van der Waals surface area contributed by atoms with Gasteiger partial charge in [0.15, 0.2) is 0 Å². The minimum absolute atomic E-state index is 0.599. The van der Waals surface area contributed by atoms with Gasteiger partial charge in [-0.15, -0.1) is 0 Å².